The summed E-state index contributed by atoms with van der Waals surface area (Å²) in [5, 5.41) is 4.26. The zero-order valence-electron chi connectivity index (χ0n) is 22.5. The van der Waals surface area contributed by atoms with E-state index >= 15 is 0 Å². The highest BCUT2D eigenvalue weighted by molar-refractivity contribution is 5.99. The first kappa shape index (κ1) is 25.7. The fourth-order valence-corrected chi connectivity index (χ4v) is 5.82. The first-order valence-electron chi connectivity index (χ1n) is 14.1. The molecule has 40 heavy (non-hydrogen) atoms. The van der Waals surface area contributed by atoms with E-state index in [1.807, 2.05) is 103 Å². The summed E-state index contributed by atoms with van der Waals surface area (Å²) >= 11 is 0. The van der Waals surface area contributed by atoms with Gasteiger partial charge in [0.25, 0.3) is 5.91 Å². The molecule has 0 saturated heterocycles. The topological polar surface area (TPSA) is 81.0 Å². The number of nitrogens with zero attached hydrogens (tertiary/aromatic N) is 1. The van der Waals surface area contributed by atoms with Crippen molar-refractivity contribution in [3.63, 3.8) is 0 Å². The molecule has 2 amide bonds. The quantitative estimate of drug-likeness (QED) is 0.202. The SMILES string of the molecule is O=C(NC1CCCCC1)[C@H](c1c[nH]c2ccccc12)N(Cc1ccccc1)C(=O)c1ccc(-c2ccccc2)[nH]1. The molecule has 0 aliphatic heterocycles. The number of H-pyrrole nitrogens is 2. The molecule has 1 atom stereocenters. The zero-order chi connectivity index (χ0) is 27.3. The van der Waals surface area contributed by atoms with Crippen LogP contribution in [0.2, 0.25) is 0 Å². The van der Waals surface area contributed by atoms with Crippen LogP contribution in [0.1, 0.15) is 59.8 Å². The molecule has 0 unspecified atom stereocenters. The second-order valence-electron chi connectivity index (χ2n) is 10.6. The van der Waals surface area contributed by atoms with E-state index in [1.54, 1.807) is 4.90 Å². The van der Waals surface area contributed by atoms with Crippen molar-refractivity contribution in [2.45, 2.75) is 50.7 Å². The Hall–Kier alpha value is -4.58. The second kappa shape index (κ2) is 11.7. The van der Waals surface area contributed by atoms with Gasteiger partial charge in [-0.15, -0.1) is 0 Å². The van der Waals surface area contributed by atoms with Crippen molar-refractivity contribution < 1.29 is 9.59 Å². The summed E-state index contributed by atoms with van der Waals surface area (Å²) in [4.78, 5) is 36.9. The summed E-state index contributed by atoms with van der Waals surface area (Å²) in [6, 6.07) is 30.8. The van der Waals surface area contributed by atoms with Gasteiger partial charge in [-0.25, -0.2) is 0 Å². The normalized spacial score (nSPS) is 14.6. The van der Waals surface area contributed by atoms with E-state index in [9.17, 15) is 9.59 Å². The van der Waals surface area contributed by atoms with Crippen LogP contribution in [0, 0.1) is 0 Å². The summed E-state index contributed by atoms with van der Waals surface area (Å²) in [5.41, 5.74) is 5.00. The van der Waals surface area contributed by atoms with Gasteiger partial charge < -0.3 is 20.2 Å². The smallest absolute Gasteiger partial charge is 0.271 e. The molecule has 6 nitrogen and oxygen atoms in total. The van der Waals surface area contributed by atoms with Crippen molar-refractivity contribution in [3.8, 4) is 11.3 Å². The monoisotopic (exact) mass is 530 g/mol. The van der Waals surface area contributed by atoms with Crippen molar-refractivity contribution in [1.29, 1.82) is 0 Å². The van der Waals surface area contributed by atoms with Gasteiger partial charge in [0, 0.05) is 40.9 Å². The van der Waals surface area contributed by atoms with Crippen LogP contribution in [-0.4, -0.2) is 32.7 Å². The van der Waals surface area contributed by atoms with Crippen molar-refractivity contribution >= 4 is 22.7 Å². The third-order valence-electron chi connectivity index (χ3n) is 7.89. The number of carbonyl (C=O) groups is 2. The lowest BCUT2D eigenvalue weighted by Gasteiger charge is -2.33. The van der Waals surface area contributed by atoms with Crippen LogP contribution in [0.15, 0.2) is 103 Å². The molecule has 1 aliphatic carbocycles. The van der Waals surface area contributed by atoms with Crippen LogP contribution in [-0.2, 0) is 11.3 Å². The van der Waals surface area contributed by atoms with Gasteiger partial charge in [-0.05, 0) is 42.2 Å². The van der Waals surface area contributed by atoms with Crippen molar-refractivity contribution in [3.05, 3.63) is 120 Å². The molecule has 0 bridgehead atoms. The summed E-state index contributed by atoms with van der Waals surface area (Å²) < 4.78 is 0. The minimum Gasteiger partial charge on any atom is -0.361 e. The van der Waals surface area contributed by atoms with Crippen molar-refractivity contribution in [2.75, 3.05) is 0 Å². The fraction of sp³-hybridized carbons (Fsp3) is 0.235. The van der Waals surface area contributed by atoms with E-state index in [0.717, 1.165) is 59.0 Å². The fourth-order valence-electron chi connectivity index (χ4n) is 5.82. The summed E-state index contributed by atoms with van der Waals surface area (Å²) in [6.45, 7) is 0.293. The molecule has 202 valence electrons. The van der Waals surface area contributed by atoms with E-state index in [-0.39, 0.29) is 17.9 Å². The molecule has 1 fully saturated rings. The highest BCUT2D eigenvalue weighted by atomic mass is 16.2. The molecule has 6 rings (SSSR count). The molecule has 3 aromatic carbocycles. The number of hydrogen-bond donors (Lipinski definition) is 3. The Morgan fingerprint density at radius 2 is 1.52 bits per heavy atom. The lowest BCUT2D eigenvalue weighted by molar-refractivity contribution is -0.127. The van der Waals surface area contributed by atoms with E-state index < -0.39 is 6.04 Å². The van der Waals surface area contributed by atoms with Gasteiger partial charge in [0.2, 0.25) is 5.91 Å². The standard InChI is InChI=1S/C34H34N4O2/c39-33(36-26-16-8-3-9-17-26)32(28-22-35-30-19-11-10-18-27(28)30)38(23-24-12-4-1-5-13-24)34(40)31-21-20-29(37-31)25-14-6-2-7-15-25/h1-2,4-7,10-15,18-22,26,32,35,37H,3,8-9,16-17,23H2,(H,36,39)/t32-/m0/s1. The van der Waals surface area contributed by atoms with Gasteiger partial charge in [-0.3, -0.25) is 9.59 Å². The van der Waals surface area contributed by atoms with Crippen LogP contribution in [0.25, 0.3) is 22.2 Å². The number of benzene rings is 3. The Morgan fingerprint density at radius 1 is 0.825 bits per heavy atom. The van der Waals surface area contributed by atoms with Gasteiger partial charge in [-0.1, -0.05) is 98.1 Å². The van der Waals surface area contributed by atoms with Crippen LogP contribution in [0.3, 0.4) is 0 Å². The number of aromatic nitrogens is 2. The van der Waals surface area contributed by atoms with Crippen LogP contribution >= 0.6 is 0 Å². The maximum atomic E-state index is 14.4. The molecule has 0 radical (unpaired) electrons. The molecule has 3 N–H and O–H groups in total. The second-order valence-corrected chi connectivity index (χ2v) is 10.6. The first-order valence-corrected chi connectivity index (χ1v) is 14.1. The number of aromatic amines is 2. The average molecular weight is 531 g/mol. The highest BCUT2D eigenvalue weighted by Gasteiger charge is 2.35. The van der Waals surface area contributed by atoms with E-state index in [4.69, 9.17) is 0 Å². The maximum absolute atomic E-state index is 14.4. The van der Waals surface area contributed by atoms with Gasteiger partial charge in [0.1, 0.15) is 11.7 Å². The number of amides is 2. The van der Waals surface area contributed by atoms with Gasteiger partial charge in [0.05, 0.1) is 0 Å². The number of hydrogen-bond acceptors (Lipinski definition) is 2. The average Bonchev–Trinajstić information content (AvgIpc) is 3.67. The van der Waals surface area contributed by atoms with Crippen LogP contribution in [0.5, 0.6) is 0 Å². The van der Waals surface area contributed by atoms with Gasteiger partial charge >= 0.3 is 0 Å². The number of carbonyl (C=O) groups excluding carboxylic acids is 2. The third kappa shape index (κ3) is 5.43. The Bertz CT molecular complexity index is 1580. The van der Waals surface area contributed by atoms with E-state index in [2.05, 4.69) is 15.3 Å². The largest absolute Gasteiger partial charge is 0.361 e. The number of para-hydroxylation sites is 1. The minimum atomic E-state index is -0.811. The summed E-state index contributed by atoms with van der Waals surface area (Å²) in [7, 11) is 0. The zero-order valence-corrected chi connectivity index (χ0v) is 22.5. The Balaban J connectivity index is 1.42. The first-order chi connectivity index (χ1) is 19.7. The van der Waals surface area contributed by atoms with Crippen LogP contribution < -0.4 is 5.32 Å². The third-order valence-corrected chi connectivity index (χ3v) is 7.89. The highest BCUT2D eigenvalue weighted by Crippen LogP contribution is 2.32. The number of rotatable bonds is 8. The molecule has 2 aromatic heterocycles. The maximum Gasteiger partial charge on any atom is 0.271 e. The van der Waals surface area contributed by atoms with Gasteiger partial charge in [-0.2, -0.15) is 0 Å². The van der Waals surface area contributed by atoms with E-state index in [0.29, 0.717) is 12.2 Å². The number of fused-ring (bicyclic) bond motifs is 1. The Kier molecular flexibility index (Phi) is 7.49. The van der Waals surface area contributed by atoms with Crippen molar-refractivity contribution in [1.82, 2.24) is 20.2 Å². The molecule has 1 aliphatic rings. The molecule has 6 heteroatoms. The predicted molar refractivity (Wildman–Crippen MR) is 159 cm³/mol. The van der Waals surface area contributed by atoms with Crippen LogP contribution in [0.4, 0.5) is 0 Å². The van der Waals surface area contributed by atoms with E-state index in [1.165, 1.54) is 6.42 Å². The Morgan fingerprint density at radius 3 is 2.30 bits per heavy atom. The molecule has 1 saturated carbocycles. The summed E-state index contributed by atoms with van der Waals surface area (Å²) in [6.07, 6.45) is 7.24. The predicted octanol–water partition coefficient (Wildman–Crippen LogP) is 7.00. The molecular formula is C34H34N4O2. The minimum absolute atomic E-state index is 0.123. The lowest BCUT2D eigenvalue weighted by Crippen LogP contribution is -2.46. The Labute approximate surface area is 234 Å². The number of nitrogens with one attached hydrogen (secondary N) is 3. The molecule has 5 aromatic rings. The lowest BCUT2D eigenvalue weighted by atomic mass is 9.94. The molecular weight excluding hydrogens is 496 g/mol. The summed E-state index contributed by atoms with van der Waals surface area (Å²) in [5.74, 6) is -0.365. The van der Waals surface area contributed by atoms with Crippen molar-refractivity contribution in [2.24, 2.45) is 0 Å². The van der Waals surface area contributed by atoms with Gasteiger partial charge in [0.15, 0.2) is 0 Å². The molecule has 2 heterocycles. The molecule has 0 spiro atoms.